The predicted octanol–water partition coefficient (Wildman–Crippen LogP) is 4.25. The summed E-state index contributed by atoms with van der Waals surface area (Å²) in [5.41, 5.74) is 2.51. The number of amides is 2. The van der Waals surface area contributed by atoms with Gasteiger partial charge in [0.15, 0.2) is 0 Å². The van der Waals surface area contributed by atoms with Gasteiger partial charge in [0.2, 0.25) is 5.91 Å². The van der Waals surface area contributed by atoms with Gasteiger partial charge in [-0.25, -0.2) is 9.59 Å². The quantitative estimate of drug-likeness (QED) is 0.362. The van der Waals surface area contributed by atoms with Gasteiger partial charge in [-0.1, -0.05) is 73.7 Å². The summed E-state index contributed by atoms with van der Waals surface area (Å²) in [6.07, 6.45) is 3.39. The van der Waals surface area contributed by atoms with E-state index in [1.807, 2.05) is 54.6 Å². The van der Waals surface area contributed by atoms with E-state index in [0.717, 1.165) is 16.7 Å². The Hall–Kier alpha value is -3.87. The van der Waals surface area contributed by atoms with Gasteiger partial charge in [-0.15, -0.1) is 13.2 Å². The van der Waals surface area contributed by atoms with Crippen molar-refractivity contribution >= 4 is 18.0 Å². The molecule has 180 valence electrons. The van der Waals surface area contributed by atoms with Crippen molar-refractivity contribution in [2.24, 2.45) is 5.92 Å². The van der Waals surface area contributed by atoms with Crippen LogP contribution in [0.25, 0.3) is 0 Å². The van der Waals surface area contributed by atoms with Crippen LogP contribution in [0, 0.1) is 5.92 Å². The number of nitrogens with one attached hydrogen (secondary N) is 2. The van der Waals surface area contributed by atoms with E-state index in [-0.39, 0.29) is 25.0 Å². The fourth-order valence-corrected chi connectivity index (χ4v) is 3.27. The molecule has 3 atom stereocenters. The molecule has 2 rings (SSSR count). The second-order valence-electron chi connectivity index (χ2n) is 7.84. The van der Waals surface area contributed by atoms with Crippen LogP contribution in [0.3, 0.4) is 0 Å². The van der Waals surface area contributed by atoms with Gasteiger partial charge in [0, 0.05) is 6.42 Å². The van der Waals surface area contributed by atoms with Gasteiger partial charge in [0.25, 0.3) is 0 Å². The Morgan fingerprint density at radius 3 is 2.35 bits per heavy atom. The normalized spacial score (nSPS) is 13.0. The van der Waals surface area contributed by atoms with E-state index in [0.29, 0.717) is 6.42 Å². The lowest BCUT2D eigenvalue weighted by molar-refractivity contribution is -0.145. The van der Waals surface area contributed by atoms with Crippen LogP contribution in [-0.2, 0) is 32.1 Å². The van der Waals surface area contributed by atoms with Crippen LogP contribution in [0.1, 0.15) is 36.1 Å². The summed E-state index contributed by atoms with van der Waals surface area (Å²) in [6.45, 7) is 9.25. The fourth-order valence-electron chi connectivity index (χ4n) is 3.27. The number of methoxy groups -OCH3 is 1. The maximum absolute atomic E-state index is 12.4. The molecular weight excluding hydrogens is 432 g/mol. The molecule has 2 amide bonds. The molecule has 0 spiro atoms. The number of alkyl carbamates (subject to hydrolysis) is 1. The molecule has 2 aromatic rings. The van der Waals surface area contributed by atoms with Crippen molar-refractivity contribution in [2.75, 3.05) is 7.11 Å². The summed E-state index contributed by atoms with van der Waals surface area (Å²) in [7, 11) is 1.28. The van der Waals surface area contributed by atoms with E-state index in [9.17, 15) is 14.4 Å². The second kappa shape index (κ2) is 13.6. The van der Waals surface area contributed by atoms with Crippen LogP contribution in [0.4, 0.5) is 4.79 Å². The molecule has 0 unspecified atom stereocenters. The highest BCUT2D eigenvalue weighted by atomic mass is 16.5. The summed E-state index contributed by atoms with van der Waals surface area (Å²) in [5.74, 6) is -1.30. The zero-order valence-electron chi connectivity index (χ0n) is 19.7. The standard InChI is InChI=1S/C27H32N2O5/c1-5-11-23(29-27(32)34-18-20-12-8-7-9-13-20)22-15-10-14-21(16-22)17-24(26(31)33-4)28-25(30)19(3)6-2/h5-10,12-16,19,23-24H,1-2,11,17-18H2,3-4H3,(H,28,30)(H,29,32)/t19-,23+,24-/m1/s1. The zero-order valence-corrected chi connectivity index (χ0v) is 19.7. The van der Waals surface area contributed by atoms with Crippen molar-refractivity contribution in [1.29, 1.82) is 0 Å². The van der Waals surface area contributed by atoms with Crippen LogP contribution >= 0.6 is 0 Å². The average molecular weight is 465 g/mol. The Bertz CT molecular complexity index is 990. The SMILES string of the molecule is C=CC[C@H](NC(=O)OCc1ccccc1)c1cccc(C[C@@H](NC(=O)[C@H](C)C=C)C(=O)OC)c1. The number of ether oxygens (including phenoxy) is 2. The lowest BCUT2D eigenvalue weighted by Crippen LogP contribution is -2.44. The molecule has 0 aliphatic rings. The van der Waals surface area contributed by atoms with Crippen molar-refractivity contribution < 1.29 is 23.9 Å². The van der Waals surface area contributed by atoms with Crippen molar-refractivity contribution in [3.63, 3.8) is 0 Å². The third-order valence-electron chi connectivity index (χ3n) is 5.27. The Labute approximate surface area is 200 Å². The molecule has 0 bridgehead atoms. The van der Waals surface area contributed by atoms with Crippen molar-refractivity contribution in [3.05, 3.63) is 96.6 Å². The summed E-state index contributed by atoms with van der Waals surface area (Å²) >= 11 is 0. The monoisotopic (exact) mass is 464 g/mol. The van der Waals surface area contributed by atoms with Crippen LogP contribution in [0.2, 0.25) is 0 Å². The Morgan fingerprint density at radius 1 is 1.00 bits per heavy atom. The lowest BCUT2D eigenvalue weighted by atomic mass is 9.98. The molecule has 7 nitrogen and oxygen atoms in total. The van der Waals surface area contributed by atoms with Gasteiger partial charge >= 0.3 is 12.1 Å². The molecule has 0 aliphatic heterocycles. The van der Waals surface area contributed by atoms with Gasteiger partial charge in [0.1, 0.15) is 12.6 Å². The van der Waals surface area contributed by atoms with Crippen LogP contribution in [0.5, 0.6) is 0 Å². The summed E-state index contributed by atoms with van der Waals surface area (Å²) in [6, 6.07) is 15.6. The molecular formula is C27H32N2O5. The van der Waals surface area contributed by atoms with E-state index in [1.54, 1.807) is 13.0 Å². The van der Waals surface area contributed by atoms with E-state index in [4.69, 9.17) is 9.47 Å². The lowest BCUT2D eigenvalue weighted by Gasteiger charge is -2.21. The molecule has 0 saturated heterocycles. The summed E-state index contributed by atoms with van der Waals surface area (Å²) in [4.78, 5) is 36.9. The van der Waals surface area contributed by atoms with Gasteiger partial charge in [-0.3, -0.25) is 4.79 Å². The van der Waals surface area contributed by atoms with Gasteiger partial charge in [-0.05, 0) is 23.1 Å². The first kappa shape index (κ1) is 26.4. The first-order valence-electron chi connectivity index (χ1n) is 11.1. The van der Waals surface area contributed by atoms with Crippen LogP contribution in [-0.4, -0.2) is 31.1 Å². The molecule has 0 radical (unpaired) electrons. The largest absolute Gasteiger partial charge is 0.467 e. The van der Waals surface area contributed by atoms with Crippen molar-refractivity contribution in [1.82, 2.24) is 10.6 Å². The first-order chi connectivity index (χ1) is 16.4. The maximum Gasteiger partial charge on any atom is 0.407 e. The number of rotatable bonds is 12. The molecule has 2 N–H and O–H groups in total. The third kappa shape index (κ3) is 8.24. The summed E-state index contributed by atoms with van der Waals surface area (Å²) in [5, 5.41) is 5.58. The smallest absolute Gasteiger partial charge is 0.407 e. The average Bonchev–Trinajstić information content (AvgIpc) is 2.86. The minimum absolute atomic E-state index is 0.164. The number of carbonyl (C=O) groups is 3. The first-order valence-corrected chi connectivity index (χ1v) is 11.1. The van der Waals surface area contributed by atoms with Gasteiger partial charge in [-0.2, -0.15) is 0 Å². The molecule has 7 heteroatoms. The summed E-state index contributed by atoms with van der Waals surface area (Å²) < 4.78 is 10.2. The highest BCUT2D eigenvalue weighted by Crippen LogP contribution is 2.20. The zero-order chi connectivity index (χ0) is 24.9. The minimum Gasteiger partial charge on any atom is -0.467 e. The number of carbonyl (C=O) groups excluding carboxylic acids is 3. The predicted molar refractivity (Wildman–Crippen MR) is 131 cm³/mol. The maximum atomic E-state index is 12.4. The van der Waals surface area contributed by atoms with Crippen molar-refractivity contribution in [3.8, 4) is 0 Å². The van der Waals surface area contributed by atoms with E-state index in [1.165, 1.54) is 13.2 Å². The Morgan fingerprint density at radius 2 is 1.71 bits per heavy atom. The number of hydrogen-bond donors (Lipinski definition) is 2. The van der Waals surface area contributed by atoms with E-state index < -0.39 is 24.0 Å². The molecule has 34 heavy (non-hydrogen) atoms. The number of esters is 1. The number of benzene rings is 2. The van der Waals surface area contributed by atoms with Crippen LogP contribution < -0.4 is 10.6 Å². The molecule has 0 fully saturated rings. The molecule has 0 aliphatic carbocycles. The van der Waals surface area contributed by atoms with E-state index >= 15 is 0 Å². The highest BCUT2D eigenvalue weighted by molar-refractivity contribution is 5.86. The van der Waals surface area contributed by atoms with Gasteiger partial charge < -0.3 is 20.1 Å². The Kier molecular flexibility index (Phi) is 10.6. The third-order valence-corrected chi connectivity index (χ3v) is 5.27. The number of hydrogen-bond acceptors (Lipinski definition) is 5. The topological polar surface area (TPSA) is 93.7 Å². The Balaban J connectivity index is 2.11. The van der Waals surface area contributed by atoms with E-state index in [2.05, 4.69) is 23.8 Å². The van der Waals surface area contributed by atoms with Gasteiger partial charge in [0.05, 0.1) is 19.1 Å². The molecule has 2 aromatic carbocycles. The molecule has 0 aromatic heterocycles. The highest BCUT2D eigenvalue weighted by Gasteiger charge is 2.24. The molecule has 0 heterocycles. The minimum atomic E-state index is -0.850. The second-order valence-corrected chi connectivity index (χ2v) is 7.84. The fraction of sp³-hybridized carbons (Fsp3) is 0.296. The molecule has 0 saturated carbocycles. The van der Waals surface area contributed by atoms with Crippen molar-refractivity contribution in [2.45, 2.75) is 38.5 Å². The van der Waals surface area contributed by atoms with Crippen LogP contribution in [0.15, 0.2) is 79.9 Å².